The van der Waals surface area contributed by atoms with E-state index in [-0.39, 0.29) is 0 Å². The maximum absolute atomic E-state index is 5.92. The van der Waals surface area contributed by atoms with Crippen molar-refractivity contribution in [2.24, 2.45) is 10.7 Å². The molecule has 0 aliphatic carbocycles. The van der Waals surface area contributed by atoms with E-state index >= 15 is 0 Å². The van der Waals surface area contributed by atoms with Crippen LogP contribution in [0.2, 0.25) is 0 Å². The summed E-state index contributed by atoms with van der Waals surface area (Å²) in [6.45, 7) is 2.65. The quantitative estimate of drug-likeness (QED) is 0.632. The van der Waals surface area contributed by atoms with Crippen LogP contribution in [0.1, 0.15) is 11.1 Å². The van der Waals surface area contributed by atoms with Gasteiger partial charge in [0.1, 0.15) is 0 Å². The van der Waals surface area contributed by atoms with Crippen molar-refractivity contribution in [3.05, 3.63) is 47.8 Å². The Balaban J connectivity index is 1.96. The fourth-order valence-electron chi connectivity index (χ4n) is 2.18. The Kier molecular flexibility index (Phi) is 5.80. The summed E-state index contributed by atoms with van der Waals surface area (Å²) in [6.07, 6.45) is 4.46. The average molecular weight is 314 g/mol. The molecule has 122 valence electrons. The summed E-state index contributed by atoms with van der Waals surface area (Å²) in [5, 5.41) is 3.05. The summed E-state index contributed by atoms with van der Waals surface area (Å²) >= 11 is 0. The molecule has 23 heavy (non-hydrogen) atoms. The number of aromatic nitrogens is 1. The highest BCUT2D eigenvalue weighted by Crippen LogP contribution is 2.29. The van der Waals surface area contributed by atoms with Crippen molar-refractivity contribution >= 4 is 11.6 Å². The third-order valence-corrected chi connectivity index (χ3v) is 3.46. The first-order valence-corrected chi connectivity index (χ1v) is 7.32. The number of pyridine rings is 1. The number of nitrogens with zero attached hydrogens (tertiary/aromatic N) is 2. The molecule has 0 atom stereocenters. The SMILES string of the molecule is COc1ccc(NC(N)=NCCc2ccncc2C)cc1OC. The van der Waals surface area contributed by atoms with Gasteiger partial charge >= 0.3 is 0 Å². The number of anilines is 1. The smallest absolute Gasteiger partial charge is 0.193 e. The van der Waals surface area contributed by atoms with Crippen LogP contribution in [0.4, 0.5) is 5.69 Å². The number of nitrogens with two attached hydrogens (primary N) is 1. The van der Waals surface area contributed by atoms with E-state index in [1.165, 1.54) is 5.56 Å². The molecule has 0 bridgehead atoms. The molecule has 0 unspecified atom stereocenters. The van der Waals surface area contributed by atoms with E-state index in [1.54, 1.807) is 20.4 Å². The lowest BCUT2D eigenvalue weighted by molar-refractivity contribution is 0.355. The van der Waals surface area contributed by atoms with E-state index in [4.69, 9.17) is 15.2 Å². The van der Waals surface area contributed by atoms with Crippen LogP contribution in [0.3, 0.4) is 0 Å². The van der Waals surface area contributed by atoms with Crippen molar-refractivity contribution < 1.29 is 9.47 Å². The van der Waals surface area contributed by atoms with E-state index in [2.05, 4.69) is 15.3 Å². The summed E-state index contributed by atoms with van der Waals surface area (Å²) in [7, 11) is 3.19. The van der Waals surface area contributed by atoms with Crippen molar-refractivity contribution in [2.75, 3.05) is 26.1 Å². The third-order valence-electron chi connectivity index (χ3n) is 3.46. The van der Waals surface area contributed by atoms with E-state index in [0.29, 0.717) is 24.0 Å². The van der Waals surface area contributed by atoms with Gasteiger partial charge in [-0.3, -0.25) is 9.98 Å². The zero-order valence-corrected chi connectivity index (χ0v) is 13.7. The highest BCUT2D eigenvalue weighted by molar-refractivity contribution is 5.92. The van der Waals surface area contributed by atoms with E-state index in [1.807, 2.05) is 37.4 Å². The molecule has 0 amide bonds. The lowest BCUT2D eigenvalue weighted by Crippen LogP contribution is -2.23. The molecular weight excluding hydrogens is 292 g/mol. The Morgan fingerprint density at radius 2 is 2.00 bits per heavy atom. The lowest BCUT2D eigenvalue weighted by atomic mass is 10.1. The summed E-state index contributed by atoms with van der Waals surface area (Å²) < 4.78 is 10.5. The second-order valence-electron chi connectivity index (χ2n) is 5.01. The van der Waals surface area contributed by atoms with Gasteiger partial charge in [-0.05, 0) is 42.7 Å². The second-order valence-corrected chi connectivity index (χ2v) is 5.01. The molecule has 6 heteroatoms. The predicted octanol–water partition coefficient (Wildman–Crippen LogP) is 2.38. The molecule has 0 fully saturated rings. The Morgan fingerprint density at radius 3 is 2.70 bits per heavy atom. The van der Waals surface area contributed by atoms with Gasteiger partial charge in [-0.1, -0.05) is 0 Å². The molecular formula is C17H22N4O2. The molecule has 1 heterocycles. The maximum Gasteiger partial charge on any atom is 0.193 e. The minimum atomic E-state index is 0.365. The standard InChI is InChI=1S/C17H22N4O2/c1-12-11-19-8-6-13(12)7-9-20-17(18)21-14-4-5-15(22-2)16(10-14)23-3/h4-6,8,10-11H,7,9H2,1-3H3,(H3,18,20,21). The van der Waals surface area contributed by atoms with Crippen LogP contribution in [0.15, 0.2) is 41.7 Å². The second kappa shape index (κ2) is 8.03. The number of rotatable bonds is 6. The van der Waals surface area contributed by atoms with Crippen LogP contribution in [0.5, 0.6) is 11.5 Å². The highest BCUT2D eigenvalue weighted by Gasteiger charge is 2.05. The average Bonchev–Trinajstić information content (AvgIpc) is 2.56. The molecule has 0 aliphatic heterocycles. The van der Waals surface area contributed by atoms with Crippen molar-refractivity contribution in [2.45, 2.75) is 13.3 Å². The number of benzene rings is 1. The number of guanidine groups is 1. The number of nitrogens with one attached hydrogen (secondary N) is 1. The fourth-order valence-corrected chi connectivity index (χ4v) is 2.18. The Labute approximate surface area is 136 Å². The van der Waals surface area contributed by atoms with Gasteiger partial charge in [0.25, 0.3) is 0 Å². The minimum Gasteiger partial charge on any atom is -0.493 e. The largest absolute Gasteiger partial charge is 0.493 e. The van der Waals surface area contributed by atoms with Gasteiger partial charge in [-0.2, -0.15) is 0 Å². The molecule has 1 aromatic carbocycles. The van der Waals surface area contributed by atoms with E-state index < -0.39 is 0 Å². The molecule has 1 aromatic heterocycles. The van der Waals surface area contributed by atoms with Gasteiger partial charge in [0.2, 0.25) is 0 Å². The topological polar surface area (TPSA) is 81.8 Å². The first kappa shape index (κ1) is 16.6. The van der Waals surface area contributed by atoms with Crippen molar-refractivity contribution in [1.29, 1.82) is 0 Å². The first-order valence-electron chi connectivity index (χ1n) is 7.32. The van der Waals surface area contributed by atoms with Gasteiger partial charge in [-0.15, -0.1) is 0 Å². The van der Waals surface area contributed by atoms with Crippen molar-refractivity contribution in [3.63, 3.8) is 0 Å². The Hall–Kier alpha value is -2.76. The summed E-state index contributed by atoms with van der Waals surface area (Å²) in [6, 6.07) is 7.49. The summed E-state index contributed by atoms with van der Waals surface area (Å²) in [5.41, 5.74) is 9.11. The van der Waals surface area contributed by atoms with Gasteiger partial charge in [-0.25, -0.2) is 0 Å². The van der Waals surface area contributed by atoms with Crippen LogP contribution in [0.25, 0.3) is 0 Å². The van der Waals surface area contributed by atoms with Crippen LogP contribution >= 0.6 is 0 Å². The number of aryl methyl sites for hydroxylation is 1. The third kappa shape index (κ3) is 4.60. The van der Waals surface area contributed by atoms with E-state index in [9.17, 15) is 0 Å². The normalized spacial score (nSPS) is 11.2. The van der Waals surface area contributed by atoms with Crippen LogP contribution < -0.4 is 20.5 Å². The highest BCUT2D eigenvalue weighted by atomic mass is 16.5. The molecule has 0 saturated heterocycles. The van der Waals surface area contributed by atoms with Gasteiger partial charge < -0.3 is 20.5 Å². The number of methoxy groups -OCH3 is 2. The fraction of sp³-hybridized carbons (Fsp3) is 0.294. The molecule has 0 spiro atoms. The maximum atomic E-state index is 5.92. The number of hydrogen-bond acceptors (Lipinski definition) is 4. The molecule has 6 nitrogen and oxygen atoms in total. The van der Waals surface area contributed by atoms with E-state index in [0.717, 1.165) is 17.7 Å². The van der Waals surface area contributed by atoms with Crippen LogP contribution in [-0.2, 0) is 6.42 Å². The molecule has 0 radical (unpaired) electrons. The van der Waals surface area contributed by atoms with Crippen LogP contribution in [0, 0.1) is 6.92 Å². The van der Waals surface area contributed by atoms with Crippen molar-refractivity contribution in [3.8, 4) is 11.5 Å². The number of aliphatic imine (C=N–C) groups is 1. The Morgan fingerprint density at radius 1 is 1.22 bits per heavy atom. The van der Waals surface area contributed by atoms with Crippen LogP contribution in [-0.4, -0.2) is 31.7 Å². The molecule has 2 aromatic rings. The summed E-state index contributed by atoms with van der Waals surface area (Å²) in [4.78, 5) is 8.42. The molecule has 3 N–H and O–H groups in total. The number of ether oxygens (including phenoxy) is 2. The van der Waals surface area contributed by atoms with Crippen molar-refractivity contribution in [1.82, 2.24) is 4.98 Å². The first-order chi connectivity index (χ1) is 11.1. The predicted molar refractivity (Wildman–Crippen MR) is 92.3 cm³/mol. The zero-order chi connectivity index (χ0) is 16.7. The monoisotopic (exact) mass is 314 g/mol. The Bertz CT molecular complexity index is 686. The lowest BCUT2D eigenvalue weighted by Gasteiger charge is -2.11. The molecule has 0 aliphatic rings. The van der Waals surface area contributed by atoms with Gasteiger partial charge in [0.05, 0.1) is 14.2 Å². The van der Waals surface area contributed by atoms with Gasteiger partial charge in [0, 0.05) is 30.7 Å². The molecule has 2 rings (SSSR count). The molecule has 0 saturated carbocycles. The van der Waals surface area contributed by atoms with Gasteiger partial charge in [0.15, 0.2) is 17.5 Å². The zero-order valence-electron chi connectivity index (χ0n) is 13.7. The summed E-state index contributed by atoms with van der Waals surface area (Å²) in [5.74, 6) is 1.67. The number of hydrogen-bond donors (Lipinski definition) is 2. The minimum absolute atomic E-state index is 0.365.